The fourth-order valence-electron chi connectivity index (χ4n) is 1.85. The third-order valence-corrected chi connectivity index (χ3v) is 4.85. The highest BCUT2D eigenvalue weighted by Gasteiger charge is 2.05. The van der Waals surface area contributed by atoms with E-state index in [1.165, 1.54) is 10.4 Å². The van der Waals surface area contributed by atoms with Gasteiger partial charge in [0.2, 0.25) is 0 Å². The highest BCUT2D eigenvalue weighted by molar-refractivity contribution is 9.10. The van der Waals surface area contributed by atoms with Gasteiger partial charge in [-0.2, -0.15) is 0 Å². The third-order valence-electron chi connectivity index (χ3n) is 2.95. The zero-order chi connectivity index (χ0) is 13.7. The second-order valence-electron chi connectivity index (χ2n) is 4.33. The summed E-state index contributed by atoms with van der Waals surface area (Å²) in [6, 6.07) is 10.7. The lowest BCUT2D eigenvalue weighted by Gasteiger charge is -2.13. The van der Waals surface area contributed by atoms with Gasteiger partial charge in [-0.25, -0.2) is 0 Å². The van der Waals surface area contributed by atoms with Crippen LogP contribution < -0.4 is 10.1 Å². The van der Waals surface area contributed by atoms with Crippen molar-refractivity contribution in [2.45, 2.75) is 26.5 Å². The van der Waals surface area contributed by atoms with E-state index in [4.69, 9.17) is 4.74 Å². The number of hydrogen-bond acceptors (Lipinski definition) is 3. The van der Waals surface area contributed by atoms with Crippen molar-refractivity contribution >= 4 is 27.3 Å². The molecule has 2 nitrogen and oxygen atoms in total. The van der Waals surface area contributed by atoms with Crippen LogP contribution >= 0.6 is 27.3 Å². The van der Waals surface area contributed by atoms with Crippen molar-refractivity contribution in [1.82, 2.24) is 5.32 Å². The molecule has 0 aliphatic carbocycles. The molecule has 0 aliphatic heterocycles. The van der Waals surface area contributed by atoms with Gasteiger partial charge in [-0.3, -0.25) is 0 Å². The van der Waals surface area contributed by atoms with Gasteiger partial charge in [-0.15, -0.1) is 11.3 Å². The van der Waals surface area contributed by atoms with Gasteiger partial charge >= 0.3 is 0 Å². The Bertz CT molecular complexity index is 509. The van der Waals surface area contributed by atoms with E-state index in [0.29, 0.717) is 12.6 Å². The smallest absolute Gasteiger partial charge is 0.124 e. The topological polar surface area (TPSA) is 21.3 Å². The van der Waals surface area contributed by atoms with Crippen LogP contribution in [0.4, 0.5) is 0 Å². The molecule has 2 aromatic rings. The van der Waals surface area contributed by atoms with E-state index in [1.807, 2.05) is 18.2 Å². The Labute approximate surface area is 126 Å². The summed E-state index contributed by atoms with van der Waals surface area (Å²) >= 11 is 5.21. The van der Waals surface area contributed by atoms with E-state index in [9.17, 15) is 0 Å². The summed E-state index contributed by atoms with van der Waals surface area (Å²) in [5.41, 5.74) is 1.28. The molecule has 0 saturated heterocycles. The largest absolute Gasteiger partial charge is 0.488 e. The summed E-state index contributed by atoms with van der Waals surface area (Å²) in [7, 11) is 0. The minimum atomic E-state index is 0.380. The summed E-state index contributed by atoms with van der Waals surface area (Å²) in [4.78, 5) is 1.21. The van der Waals surface area contributed by atoms with Crippen molar-refractivity contribution in [3.05, 3.63) is 50.6 Å². The van der Waals surface area contributed by atoms with Crippen LogP contribution in [0.3, 0.4) is 0 Å². The molecule has 0 radical (unpaired) electrons. The SMILES string of the molecule is CCNC(C)c1ccc(OCc2sccc2Br)cc1. The molecule has 1 atom stereocenters. The number of thiophene rings is 1. The molecule has 0 amide bonds. The van der Waals surface area contributed by atoms with Crippen molar-refractivity contribution in [3.8, 4) is 5.75 Å². The lowest BCUT2D eigenvalue weighted by atomic mass is 10.1. The van der Waals surface area contributed by atoms with E-state index < -0.39 is 0 Å². The summed E-state index contributed by atoms with van der Waals surface area (Å²) in [6.07, 6.45) is 0. The predicted octanol–water partition coefficient (Wildman–Crippen LogP) is 4.76. The van der Waals surface area contributed by atoms with Crippen molar-refractivity contribution in [2.24, 2.45) is 0 Å². The highest BCUT2D eigenvalue weighted by atomic mass is 79.9. The first kappa shape index (κ1) is 14.6. The van der Waals surface area contributed by atoms with Crippen LogP contribution in [0.25, 0.3) is 0 Å². The van der Waals surface area contributed by atoms with Gasteiger partial charge in [0, 0.05) is 10.5 Å². The average Bonchev–Trinajstić information content (AvgIpc) is 2.83. The lowest BCUT2D eigenvalue weighted by molar-refractivity contribution is 0.309. The second kappa shape index (κ2) is 7.08. The number of hydrogen-bond donors (Lipinski definition) is 1. The van der Waals surface area contributed by atoms with E-state index in [0.717, 1.165) is 16.8 Å². The zero-order valence-electron chi connectivity index (χ0n) is 11.2. The van der Waals surface area contributed by atoms with Gasteiger partial charge in [0.25, 0.3) is 0 Å². The normalized spacial score (nSPS) is 12.4. The maximum absolute atomic E-state index is 5.79. The maximum Gasteiger partial charge on any atom is 0.124 e. The molecule has 1 heterocycles. The summed E-state index contributed by atoms with van der Waals surface area (Å²) < 4.78 is 6.91. The quantitative estimate of drug-likeness (QED) is 0.819. The molecule has 1 unspecified atom stereocenters. The monoisotopic (exact) mass is 339 g/mol. The Balaban J connectivity index is 1.93. The molecule has 1 aromatic heterocycles. The lowest BCUT2D eigenvalue weighted by Crippen LogP contribution is -2.17. The second-order valence-corrected chi connectivity index (χ2v) is 6.18. The Kier molecular flexibility index (Phi) is 5.43. The van der Waals surface area contributed by atoms with Crippen LogP contribution in [-0.4, -0.2) is 6.54 Å². The van der Waals surface area contributed by atoms with Gasteiger partial charge in [0.1, 0.15) is 12.4 Å². The number of rotatable bonds is 6. The Morgan fingerprint density at radius 1 is 1.26 bits per heavy atom. The molecule has 19 heavy (non-hydrogen) atoms. The Morgan fingerprint density at radius 2 is 2.00 bits per heavy atom. The van der Waals surface area contributed by atoms with Crippen molar-refractivity contribution in [1.29, 1.82) is 0 Å². The molecule has 0 bridgehead atoms. The molecule has 0 spiro atoms. The first-order valence-corrected chi connectivity index (χ1v) is 8.06. The van der Waals surface area contributed by atoms with E-state index in [1.54, 1.807) is 11.3 Å². The van der Waals surface area contributed by atoms with Crippen LogP contribution in [-0.2, 0) is 6.61 Å². The Morgan fingerprint density at radius 3 is 2.58 bits per heavy atom. The fraction of sp³-hybridized carbons (Fsp3) is 0.333. The molecule has 0 saturated carbocycles. The van der Waals surface area contributed by atoms with Crippen molar-refractivity contribution in [2.75, 3.05) is 6.54 Å². The first-order chi connectivity index (χ1) is 9.20. The van der Waals surface area contributed by atoms with Crippen LogP contribution in [0.15, 0.2) is 40.2 Å². The van der Waals surface area contributed by atoms with Crippen LogP contribution in [0.1, 0.15) is 30.3 Å². The number of halogens is 1. The minimum Gasteiger partial charge on any atom is -0.488 e. The molecular weight excluding hydrogens is 322 g/mol. The number of nitrogens with one attached hydrogen (secondary N) is 1. The van der Waals surface area contributed by atoms with Gasteiger partial charge in [0.05, 0.1) is 4.88 Å². The maximum atomic E-state index is 5.79. The summed E-state index contributed by atoms with van der Waals surface area (Å²) in [5, 5.41) is 5.46. The van der Waals surface area contributed by atoms with Crippen molar-refractivity contribution < 1.29 is 4.74 Å². The van der Waals surface area contributed by atoms with Crippen molar-refractivity contribution in [3.63, 3.8) is 0 Å². The zero-order valence-corrected chi connectivity index (χ0v) is 13.6. The third kappa shape index (κ3) is 4.06. The number of benzene rings is 1. The van der Waals surface area contributed by atoms with E-state index in [2.05, 4.69) is 52.6 Å². The highest BCUT2D eigenvalue weighted by Crippen LogP contribution is 2.25. The summed E-state index contributed by atoms with van der Waals surface area (Å²) in [6.45, 7) is 5.88. The molecule has 4 heteroatoms. The van der Waals surface area contributed by atoms with Crippen LogP contribution in [0.5, 0.6) is 5.75 Å². The predicted molar refractivity (Wildman–Crippen MR) is 84.9 cm³/mol. The van der Waals surface area contributed by atoms with Gasteiger partial charge in [-0.1, -0.05) is 19.1 Å². The van der Waals surface area contributed by atoms with E-state index in [-0.39, 0.29) is 0 Å². The molecule has 1 N–H and O–H groups in total. The van der Waals surface area contributed by atoms with Crippen LogP contribution in [0, 0.1) is 0 Å². The molecule has 0 fully saturated rings. The summed E-state index contributed by atoms with van der Waals surface area (Å²) in [5.74, 6) is 0.910. The average molecular weight is 340 g/mol. The van der Waals surface area contributed by atoms with Gasteiger partial charge in [0.15, 0.2) is 0 Å². The molecule has 1 aromatic carbocycles. The molecule has 0 aliphatic rings. The van der Waals surface area contributed by atoms with Gasteiger partial charge in [-0.05, 0) is 58.5 Å². The van der Waals surface area contributed by atoms with E-state index >= 15 is 0 Å². The first-order valence-electron chi connectivity index (χ1n) is 6.38. The Hall–Kier alpha value is -0.840. The van der Waals surface area contributed by atoms with Crippen LogP contribution in [0.2, 0.25) is 0 Å². The standard InChI is InChI=1S/C15H18BrNOS/c1-3-17-11(2)12-4-6-13(7-5-12)18-10-15-14(16)8-9-19-15/h4-9,11,17H,3,10H2,1-2H3. The molecule has 102 valence electrons. The van der Waals surface area contributed by atoms with Gasteiger partial charge < -0.3 is 10.1 Å². The molecular formula is C15H18BrNOS. The minimum absolute atomic E-state index is 0.380. The molecule has 2 rings (SSSR count). The number of ether oxygens (including phenoxy) is 1. The fourth-order valence-corrected chi connectivity index (χ4v) is 3.23.